The number of benzene rings is 2. The smallest absolute Gasteiger partial charge is 0.338 e. The number of carbonyl (C=O) groups excluding carboxylic acids is 2. The van der Waals surface area contributed by atoms with Gasteiger partial charge in [0, 0.05) is 23.8 Å². The molecule has 1 unspecified atom stereocenters. The summed E-state index contributed by atoms with van der Waals surface area (Å²) in [6, 6.07) is 6.71. The van der Waals surface area contributed by atoms with Crippen molar-refractivity contribution >= 4 is 17.7 Å². The van der Waals surface area contributed by atoms with Crippen LogP contribution >= 0.6 is 0 Å². The van der Waals surface area contributed by atoms with Gasteiger partial charge in [-0.1, -0.05) is 17.3 Å². The first-order chi connectivity index (χ1) is 17.1. The van der Waals surface area contributed by atoms with Crippen LogP contribution in [-0.4, -0.2) is 38.0 Å². The SMILES string of the molecule is CC(C)OC(=O)C1=C(Cn2cc(-c3cc(F)cc(F)c3)nn2)NC(=O)NC1c1cccc([N+](=O)[O-])c1. The first kappa shape index (κ1) is 24.4. The molecule has 36 heavy (non-hydrogen) atoms. The Hall–Kier alpha value is -4.68. The molecule has 0 radical (unpaired) electrons. The summed E-state index contributed by atoms with van der Waals surface area (Å²) in [5, 5.41) is 24.3. The fourth-order valence-corrected chi connectivity index (χ4v) is 3.70. The zero-order chi connectivity index (χ0) is 26.0. The Labute approximate surface area is 202 Å². The van der Waals surface area contributed by atoms with Crippen molar-refractivity contribution in [3.8, 4) is 11.3 Å². The fourth-order valence-electron chi connectivity index (χ4n) is 3.70. The summed E-state index contributed by atoms with van der Waals surface area (Å²) in [5.74, 6) is -2.32. The van der Waals surface area contributed by atoms with E-state index >= 15 is 0 Å². The number of hydrogen-bond acceptors (Lipinski definition) is 7. The van der Waals surface area contributed by atoms with Gasteiger partial charge in [-0.2, -0.15) is 0 Å². The van der Waals surface area contributed by atoms with Crippen molar-refractivity contribution in [2.45, 2.75) is 32.5 Å². The van der Waals surface area contributed by atoms with Gasteiger partial charge in [-0.3, -0.25) is 10.1 Å². The third-order valence-corrected chi connectivity index (χ3v) is 5.15. The highest BCUT2D eigenvalue weighted by molar-refractivity contribution is 5.95. The summed E-state index contributed by atoms with van der Waals surface area (Å²) in [7, 11) is 0. The van der Waals surface area contributed by atoms with E-state index in [1.165, 1.54) is 35.1 Å². The van der Waals surface area contributed by atoms with E-state index < -0.39 is 40.7 Å². The first-order valence-electron chi connectivity index (χ1n) is 10.7. The molecular weight excluding hydrogens is 478 g/mol. The summed E-state index contributed by atoms with van der Waals surface area (Å²) >= 11 is 0. The number of halogens is 2. The van der Waals surface area contributed by atoms with Crippen molar-refractivity contribution < 1.29 is 28.0 Å². The predicted molar refractivity (Wildman–Crippen MR) is 121 cm³/mol. The number of hydrogen-bond donors (Lipinski definition) is 2. The minimum absolute atomic E-state index is 0.0117. The van der Waals surface area contributed by atoms with Crippen LogP contribution in [0.4, 0.5) is 19.3 Å². The minimum atomic E-state index is -1.06. The number of nitro groups is 1. The molecule has 2 aromatic carbocycles. The van der Waals surface area contributed by atoms with Crippen LogP contribution in [0.5, 0.6) is 0 Å². The summed E-state index contributed by atoms with van der Waals surface area (Å²) in [5.41, 5.74) is 0.510. The molecule has 3 aromatic rings. The Balaban J connectivity index is 1.75. The topological polar surface area (TPSA) is 141 Å². The van der Waals surface area contributed by atoms with Crippen LogP contribution in [0.15, 0.2) is 59.9 Å². The second-order valence-electron chi connectivity index (χ2n) is 8.19. The van der Waals surface area contributed by atoms with Gasteiger partial charge in [-0.25, -0.2) is 23.1 Å². The molecule has 0 saturated heterocycles. The quantitative estimate of drug-likeness (QED) is 0.289. The Morgan fingerprint density at radius 2 is 1.94 bits per heavy atom. The average Bonchev–Trinajstić information content (AvgIpc) is 3.26. The number of ether oxygens (including phenoxy) is 1. The Kier molecular flexibility index (Phi) is 6.72. The van der Waals surface area contributed by atoms with Gasteiger partial charge in [0.2, 0.25) is 0 Å². The van der Waals surface area contributed by atoms with E-state index in [-0.39, 0.29) is 34.8 Å². The lowest BCUT2D eigenvalue weighted by Gasteiger charge is -2.29. The third kappa shape index (κ3) is 5.35. The summed E-state index contributed by atoms with van der Waals surface area (Å²) in [6.07, 6.45) is 0.902. The van der Waals surface area contributed by atoms with Gasteiger partial charge in [0.25, 0.3) is 5.69 Å². The van der Waals surface area contributed by atoms with Gasteiger partial charge in [0.15, 0.2) is 0 Å². The monoisotopic (exact) mass is 498 g/mol. The number of rotatable bonds is 7. The number of amides is 2. The molecular formula is C23H20F2N6O5. The van der Waals surface area contributed by atoms with Crippen LogP contribution in [0.1, 0.15) is 25.5 Å². The van der Waals surface area contributed by atoms with Crippen LogP contribution in [0, 0.1) is 21.7 Å². The van der Waals surface area contributed by atoms with Crippen molar-refractivity contribution in [2.24, 2.45) is 0 Å². The molecule has 0 bridgehead atoms. The molecule has 0 aliphatic carbocycles. The summed E-state index contributed by atoms with van der Waals surface area (Å²) in [6.45, 7) is 3.14. The highest BCUT2D eigenvalue weighted by Crippen LogP contribution is 2.31. The lowest BCUT2D eigenvalue weighted by Crippen LogP contribution is -2.47. The van der Waals surface area contributed by atoms with Gasteiger partial charge in [0.05, 0.1) is 41.1 Å². The molecule has 2 amide bonds. The number of carbonyl (C=O) groups is 2. The molecule has 1 aromatic heterocycles. The molecule has 2 N–H and O–H groups in total. The third-order valence-electron chi connectivity index (χ3n) is 5.15. The molecule has 4 rings (SSSR count). The zero-order valence-electron chi connectivity index (χ0n) is 19.1. The highest BCUT2D eigenvalue weighted by Gasteiger charge is 2.35. The van der Waals surface area contributed by atoms with E-state index in [1.807, 2.05) is 0 Å². The number of non-ortho nitro benzene ring substituents is 1. The molecule has 0 saturated carbocycles. The van der Waals surface area contributed by atoms with Crippen LogP contribution in [0.2, 0.25) is 0 Å². The van der Waals surface area contributed by atoms with Crippen molar-refractivity contribution in [3.63, 3.8) is 0 Å². The van der Waals surface area contributed by atoms with E-state index in [0.29, 0.717) is 5.56 Å². The Morgan fingerprint density at radius 1 is 1.22 bits per heavy atom. The molecule has 0 fully saturated rings. The van der Waals surface area contributed by atoms with Crippen LogP contribution < -0.4 is 10.6 Å². The molecule has 0 spiro atoms. The number of allylic oxidation sites excluding steroid dienone is 1. The predicted octanol–water partition coefficient (Wildman–Crippen LogP) is 3.39. The van der Waals surface area contributed by atoms with Crippen LogP contribution in [-0.2, 0) is 16.1 Å². The molecule has 13 heteroatoms. The van der Waals surface area contributed by atoms with Crippen LogP contribution in [0.3, 0.4) is 0 Å². The maximum Gasteiger partial charge on any atom is 0.338 e. The average molecular weight is 498 g/mol. The molecule has 1 aliphatic heterocycles. The lowest BCUT2D eigenvalue weighted by molar-refractivity contribution is -0.384. The van der Waals surface area contributed by atoms with Crippen molar-refractivity contribution in [1.82, 2.24) is 25.6 Å². The van der Waals surface area contributed by atoms with Gasteiger partial charge < -0.3 is 15.4 Å². The molecule has 1 aliphatic rings. The maximum absolute atomic E-state index is 13.6. The zero-order valence-corrected chi connectivity index (χ0v) is 19.1. The number of nitrogens with zero attached hydrogens (tertiary/aromatic N) is 4. The second-order valence-corrected chi connectivity index (χ2v) is 8.19. The fraction of sp³-hybridized carbons (Fsp3) is 0.217. The van der Waals surface area contributed by atoms with E-state index in [4.69, 9.17) is 4.74 Å². The van der Waals surface area contributed by atoms with E-state index in [1.54, 1.807) is 13.8 Å². The number of nitro benzene ring substituents is 1. The minimum Gasteiger partial charge on any atom is -0.459 e. The van der Waals surface area contributed by atoms with Gasteiger partial charge in [-0.15, -0.1) is 5.10 Å². The summed E-state index contributed by atoms with van der Waals surface area (Å²) < 4.78 is 33.9. The number of urea groups is 1. The summed E-state index contributed by atoms with van der Waals surface area (Å²) in [4.78, 5) is 36.3. The molecule has 186 valence electrons. The number of nitrogens with one attached hydrogen (secondary N) is 2. The van der Waals surface area contributed by atoms with Crippen molar-refractivity contribution in [1.29, 1.82) is 0 Å². The largest absolute Gasteiger partial charge is 0.459 e. The van der Waals surface area contributed by atoms with E-state index in [2.05, 4.69) is 20.9 Å². The standard InChI is InChI=1S/C23H20F2N6O5/c1-12(2)36-22(32)20-19(11-30-10-18(28-29-30)14-6-15(24)9-16(25)7-14)26-23(33)27-21(20)13-4-3-5-17(8-13)31(34)35/h3-10,12,21H,11H2,1-2H3,(H2,26,27,33). The lowest BCUT2D eigenvalue weighted by atomic mass is 9.94. The Morgan fingerprint density at radius 3 is 2.61 bits per heavy atom. The van der Waals surface area contributed by atoms with Gasteiger partial charge in [0.1, 0.15) is 17.3 Å². The van der Waals surface area contributed by atoms with Crippen LogP contribution in [0.25, 0.3) is 11.3 Å². The Bertz CT molecular complexity index is 1370. The normalized spacial score (nSPS) is 15.5. The van der Waals surface area contributed by atoms with Gasteiger partial charge >= 0.3 is 12.0 Å². The first-order valence-corrected chi connectivity index (χ1v) is 10.7. The molecule has 11 nitrogen and oxygen atoms in total. The maximum atomic E-state index is 13.6. The molecule has 1 atom stereocenters. The second kappa shape index (κ2) is 9.90. The number of aromatic nitrogens is 3. The van der Waals surface area contributed by atoms with E-state index in [0.717, 1.165) is 18.2 Å². The van der Waals surface area contributed by atoms with Gasteiger partial charge in [-0.05, 0) is 31.5 Å². The highest BCUT2D eigenvalue weighted by atomic mass is 19.1. The van der Waals surface area contributed by atoms with E-state index in [9.17, 15) is 28.5 Å². The number of esters is 1. The van der Waals surface area contributed by atoms with Crippen molar-refractivity contribution in [2.75, 3.05) is 0 Å². The molecule has 2 heterocycles. The van der Waals surface area contributed by atoms with Crippen molar-refractivity contribution in [3.05, 3.63) is 87.2 Å².